The second-order valence-corrected chi connectivity index (χ2v) is 6.01. The third kappa shape index (κ3) is 4.97. The highest BCUT2D eigenvalue weighted by atomic mass is 16.4. The van der Waals surface area contributed by atoms with Crippen molar-refractivity contribution in [1.82, 2.24) is 4.90 Å². The van der Waals surface area contributed by atoms with Crippen LogP contribution < -0.4 is 0 Å². The van der Waals surface area contributed by atoms with Crippen molar-refractivity contribution < 1.29 is 9.90 Å². The van der Waals surface area contributed by atoms with Crippen LogP contribution in [0.4, 0.5) is 0 Å². The summed E-state index contributed by atoms with van der Waals surface area (Å²) in [6, 6.07) is 0. The minimum atomic E-state index is -0.698. The number of hydrogen-bond donors (Lipinski definition) is 1. The second kappa shape index (κ2) is 5.67. The van der Waals surface area contributed by atoms with Gasteiger partial charge in [0.25, 0.3) is 0 Å². The number of hydrogen-bond acceptors (Lipinski definition) is 2. The fraction of sp³-hybridized carbons (Fsp3) is 0.923. The van der Waals surface area contributed by atoms with Crippen molar-refractivity contribution in [3.8, 4) is 0 Å². The Labute approximate surface area is 98.8 Å². The first-order valence-corrected chi connectivity index (χ1v) is 6.29. The van der Waals surface area contributed by atoms with Crippen LogP contribution in [0.1, 0.15) is 46.0 Å². The van der Waals surface area contributed by atoms with Gasteiger partial charge in [0, 0.05) is 13.1 Å². The van der Waals surface area contributed by atoms with E-state index in [0.717, 1.165) is 12.5 Å². The molecule has 0 atom stereocenters. The predicted molar refractivity (Wildman–Crippen MR) is 65.5 cm³/mol. The molecule has 0 aromatic rings. The molecule has 0 heterocycles. The second-order valence-electron chi connectivity index (χ2n) is 6.01. The van der Waals surface area contributed by atoms with Crippen LogP contribution in [0.5, 0.6) is 0 Å². The fourth-order valence-corrected chi connectivity index (χ4v) is 2.46. The molecule has 3 nitrogen and oxygen atoms in total. The molecule has 0 spiro atoms. The van der Waals surface area contributed by atoms with Crippen LogP contribution in [0.15, 0.2) is 0 Å². The van der Waals surface area contributed by atoms with E-state index in [0.29, 0.717) is 12.0 Å². The van der Waals surface area contributed by atoms with E-state index in [1.54, 1.807) is 0 Å². The van der Waals surface area contributed by atoms with Crippen molar-refractivity contribution in [3.63, 3.8) is 0 Å². The Morgan fingerprint density at radius 3 is 2.44 bits per heavy atom. The van der Waals surface area contributed by atoms with E-state index < -0.39 is 5.97 Å². The average molecular weight is 227 g/mol. The van der Waals surface area contributed by atoms with Gasteiger partial charge in [0.1, 0.15) is 0 Å². The Kier molecular flexibility index (Phi) is 4.78. The summed E-state index contributed by atoms with van der Waals surface area (Å²) in [6.45, 7) is 6.42. The van der Waals surface area contributed by atoms with Crippen LogP contribution in [-0.2, 0) is 4.79 Å². The normalized spacial score (nSPS) is 21.2. The third-order valence-corrected chi connectivity index (χ3v) is 3.74. The van der Waals surface area contributed by atoms with Crippen molar-refractivity contribution >= 4 is 5.97 Å². The highest BCUT2D eigenvalue weighted by Gasteiger charge is 2.27. The zero-order chi connectivity index (χ0) is 12.2. The first-order chi connectivity index (χ1) is 7.39. The molecule has 1 N–H and O–H groups in total. The molecule has 0 aromatic carbocycles. The molecule has 0 bridgehead atoms. The van der Waals surface area contributed by atoms with Gasteiger partial charge in [-0.25, -0.2) is 0 Å². The van der Waals surface area contributed by atoms with Crippen LogP contribution in [0.2, 0.25) is 0 Å². The Balaban J connectivity index is 2.20. The third-order valence-electron chi connectivity index (χ3n) is 3.74. The maximum atomic E-state index is 10.5. The minimum absolute atomic E-state index is 0.259. The van der Waals surface area contributed by atoms with Gasteiger partial charge in [-0.3, -0.25) is 4.79 Å². The van der Waals surface area contributed by atoms with Gasteiger partial charge >= 0.3 is 5.97 Å². The molecule has 0 aliphatic heterocycles. The van der Waals surface area contributed by atoms with E-state index in [2.05, 4.69) is 18.7 Å². The van der Waals surface area contributed by atoms with Crippen molar-refractivity contribution in [2.24, 2.45) is 11.3 Å². The highest BCUT2D eigenvalue weighted by molar-refractivity contribution is 5.66. The van der Waals surface area contributed by atoms with Crippen LogP contribution in [-0.4, -0.2) is 36.1 Å². The smallest absolute Gasteiger partial charge is 0.304 e. The van der Waals surface area contributed by atoms with Gasteiger partial charge in [0.2, 0.25) is 0 Å². The van der Waals surface area contributed by atoms with E-state index in [4.69, 9.17) is 5.11 Å². The Morgan fingerprint density at radius 2 is 1.94 bits per heavy atom. The summed E-state index contributed by atoms with van der Waals surface area (Å²) in [4.78, 5) is 12.6. The monoisotopic (exact) mass is 227 g/mol. The summed E-state index contributed by atoms with van der Waals surface area (Å²) in [5.41, 5.74) is 0.524. The van der Waals surface area contributed by atoms with Gasteiger partial charge in [-0.15, -0.1) is 0 Å². The minimum Gasteiger partial charge on any atom is -0.481 e. The molecule has 0 radical (unpaired) electrons. The maximum Gasteiger partial charge on any atom is 0.304 e. The fourth-order valence-electron chi connectivity index (χ4n) is 2.46. The number of aliphatic carboxylic acids is 1. The van der Waals surface area contributed by atoms with Gasteiger partial charge in [-0.05, 0) is 44.1 Å². The molecule has 1 rings (SSSR count). The molecule has 0 amide bonds. The lowest BCUT2D eigenvalue weighted by molar-refractivity contribution is -0.137. The van der Waals surface area contributed by atoms with E-state index in [1.807, 2.05) is 7.05 Å². The number of rotatable bonds is 5. The molecule has 0 saturated heterocycles. The molecular formula is C13H25NO2. The number of nitrogens with zero attached hydrogens (tertiary/aromatic N) is 1. The lowest BCUT2D eigenvalue weighted by Gasteiger charge is -2.35. The predicted octanol–water partition coefficient (Wildman–Crippen LogP) is 2.61. The van der Waals surface area contributed by atoms with Crippen molar-refractivity contribution in [2.75, 3.05) is 20.1 Å². The summed E-state index contributed by atoms with van der Waals surface area (Å²) in [7, 11) is 2.03. The summed E-state index contributed by atoms with van der Waals surface area (Å²) in [6.07, 6.45) is 5.47. The topological polar surface area (TPSA) is 40.5 Å². The van der Waals surface area contributed by atoms with Gasteiger partial charge in [0.05, 0.1) is 6.42 Å². The summed E-state index contributed by atoms with van der Waals surface area (Å²) < 4.78 is 0. The molecule has 0 unspecified atom stereocenters. The summed E-state index contributed by atoms with van der Waals surface area (Å²) >= 11 is 0. The molecule has 1 fully saturated rings. The van der Waals surface area contributed by atoms with E-state index in [9.17, 15) is 4.79 Å². The lowest BCUT2D eigenvalue weighted by Crippen LogP contribution is -2.31. The summed E-state index contributed by atoms with van der Waals surface area (Å²) in [5, 5.41) is 8.61. The van der Waals surface area contributed by atoms with Gasteiger partial charge in [0.15, 0.2) is 0 Å². The van der Waals surface area contributed by atoms with Gasteiger partial charge in [-0.2, -0.15) is 0 Å². The molecule has 0 aromatic heterocycles. The number of carbonyl (C=O) groups is 1. The quantitative estimate of drug-likeness (QED) is 0.785. The van der Waals surface area contributed by atoms with Gasteiger partial charge < -0.3 is 10.0 Å². The Bertz CT molecular complexity index is 228. The van der Waals surface area contributed by atoms with Crippen molar-refractivity contribution in [1.29, 1.82) is 0 Å². The SMILES string of the molecule is CN(CCC(=O)O)CC1CCC(C)(C)CC1. The van der Waals surface area contributed by atoms with E-state index in [1.165, 1.54) is 25.7 Å². The van der Waals surface area contributed by atoms with Gasteiger partial charge in [-0.1, -0.05) is 13.8 Å². The van der Waals surface area contributed by atoms with Crippen molar-refractivity contribution in [2.45, 2.75) is 46.0 Å². The van der Waals surface area contributed by atoms with Crippen LogP contribution in [0, 0.1) is 11.3 Å². The van der Waals surface area contributed by atoms with Crippen LogP contribution in [0.3, 0.4) is 0 Å². The molecule has 3 heteroatoms. The van der Waals surface area contributed by atoms with Crippen LogP contribution in [0.25, 0.3) is 0 Å². The zero-order valence-electron chi connectivity index (χ0n) is 10.8. The number of carboxylic acids is 1. The largest absolute Gasteiger partial charge is 0.481 e. The maximum absolute atomic E-state index is 10.5. The summed E-state index contributed by atoms with van der Waals surface area (Å²) in [5.74, 6) is 0.0726. The first kappa shape index (κ1) is 13.5. The van der Waals surface area contributed by atoms with Crippen molar-refractivity contribution in [3.05, 3.63) is 0 Å². The molecule has 16 heavy (non-hydrogen) atoms. The molecule has 94 valence electrons. The molecule has 1 aliphatic rings. The molecule has 1 saturated carbocycles. The molecule has 1 aliphatic carbocycles. The average Bonchev–Trinajstić information content (AvgIpc) is 2.18. The highest BCUT2D eigenvalue weighted by Crippen LogP contribution is 2.38. The van der Waals surface area contributed by atoms with E-state index in [-0.39, 0.29) is 6.42 Å². The standard InChI is InChI=1S/C13H25NO2/c1-13(2)7-4-11(5-8-13)10-14(3)9-6-12(15)16/h11H,4-10H2,1-3H3,(H,15,16). The Morgan fingerprint density at radius 1 is 1.38 bits per heavy atom. The first-order valence-electron chi connectivity index (χ1n) is 6.29. The molecular weight excluding hydrogens is 202 g/mol. The lowest BCUT2D eigenvalue weighted by atomic mass is 9.73. The van der Waals surface area contributed by atoms with Crippen LogP contribution >= 0.6 is 0 Å². The van der Waals surface area contributed by atoms with E-state index >= 15 is 0 Å². The number of carboxylic acid groups (broad SMARTS) is 1. The zero-order valence-corrected chi connectivity index (χ0v) is 10.8. The Hall–Kier alpha value is -0.570.